The first-order chi connectivity index (χ1) is 17.3. The van der Waals surface area contributed by atoms with E-state index in [1.165, 1.54) is 12.1 Å². The minimum absolute atomic E-state index is 0.213. The number of nitrogens with two attached hydrogens (primary N) is 1. The van der Waals surface area contributed by atoms with Gasteiger partial charge in [0.15, 0.2) is 0 Å². The van der Waals surface area contributed by atoms with Crippen molar-refractivity contribution in [2.24, 2.45) is 5.73 Å². The predicted octanol–water partition coefficient (Wildman–Crippen LogP) is 6.04. The number of morpholine rings is 1. The highest BCUT2D eigenvalue weighted by Crippen LogP contribution is 2.44. The van der Waals surface area contributed by atoms with E-state index in [0.29, 0.717) is 22.9 Å². The van der Waals surface area contributed by atoms with Crippen LogP contribution in [0.5, 0.6) is 0 Å². The minimum atomic E-state index is -0.904. The number of hydrogen-bond donors (Lipinski definition) is 1. The lowest BCUT2D eigenvalue weighted by molar-refractivity contribution is -0.181. The average Bonchev–Trinajstić information content (AvgIpc) is 2.86. The van der Waals surface area contributed by atoms with Crippen molar-refractivity contribution in [1.82, 2.24) is 4.90 Å². The largest absolute Gasteiger partial charge is 0.368 e. The van der Waals surface area contributed by atoms with Crippen LogP contribution in [0.25, 0.3) is 0 Å². The molecule has 2 N–H and O–H groups in total. The number of hydrogen-bond acceptors (Lipinski definition) is 3. The molecule has 5 nitrogen and oxygen atoms in total. The first-order valence-corrected chi connectivity index (χ1v) is 12.6. The van der Waals surface area contributed by atoms with Crippen molar-refractivity contribution in [2.45, 2.75) is 50.5 Å². The Kier molecular flexibility index (Phi) is 8.29. The Morgan fingerprint density at radius 1 is 0.972 bits per heavy atom. The molecule has 1 saturated heterocycles. The van der Waals surface area contributed by atoms with Crippen LogP contribution in [0.4, 0.5) is 4.39 Å². The van der Waals surface area contributed by atoms with Crippen LogP contribution in [0.15, 0.2) is 72.8 Å². The summed E-state index contributed by atoms with van der Waals surface area (Å²) in [4.78, 5) is 28.2. The highest BCUT2D eigenvalue weighted by atomic mass is 35.5. The van der Waals surface area contributed by atoms with Gasteiger partial charge in [-0.05, 0) is 59.5 Å². The third-order valence-corrected chi connectivity index (χ3v) is 6.90. The van der Waals surface area contributed by atoms with Crippen LogP contribution >= 0.6 is 23.2 Å². The van der Waals surface area contributed by atoms with Crippen LogP contribution in [0, 0.1) is 5.82 Å². The lowest BCUT2D eigenvalue weighted by atomic mass is 9.88. The summed E-state index contributed by atoms with van der Waals surface area (Å²) < 4.78 is 20.0. The molecule has 36 heavy (non-hydrogen) atoms. The Hall–Kier alpha value is -2.93. The summed E-state index contributed by atoms with van der Waals surface area (Å²) in [6, 6.07) is 18.8. The van der Waals surface area contributed by atoms with E-state index in [0.717, 1.165) is 16.7 Å². The topological polar surface area (TPSA) is 72.6 Å². The number of amides is 2. The van der Waals surface area contributed by atoms with Gasteiger partial charge in [-0.3, -0.25) is 9.59 Å². The minimum Gasteiger partial charge on any atom is -0.368 e. The predicted molar refractivity (Wildman–Crippen MR) is 138 cm³/mol. The summed E-state index contributed by atoms with van der Waals surface area (Å²) in [7, 11) is 0. The van der Waals surface area contributed by atoms with Crippen molar-refractivity contribution in [3.8, 4) is 0 Å². The van der Waals surface area contributed by atoms with Gasteiger partial charge in [0.1, 0.15) is 24.1 Å². The van der Waals surface area contributed by atoms with Crippen LogP contribution in [-0.4, -0.2) is 28.9 Å². The molecule has 0 aliphatic carbocycles. The number of ether oxygens (including phenoxy) is 1. The molecule has 3 aromatic carbocycles. The number of rotatable bonds is 8. The maximum Gasteiger partial charge on any atom is 0.253 e. The molecule has 1 aliphatic rings. The van der Waals surface area contributed by atoms with Crippen LogP contribution in [0.2, 0.25) is 10.0 Å². The monoisotopic (exact) mass is 528 g/mol. The molecular weight excluding hydrogens is 502 g/mol. The molecular formula is C28H27Cl2FN2O3. The van der Waals surface area contributed by atoms with E-state index in [-0.39, 0.29) is 18.1 Å². The summed E-state index contributed by atoms with van der Waals surface area (Å²) in [5, 5.41) is 1.11. The van der Waals surface area contributed by atoms with E-state index in [2.05, 4.69) is 0 Å². The van der Waals surface area contributed by atoms with Gasteiger partial charge < -0.3 is 15.4 Å². The Bertz CT molecular complexity index is 1200. The molecule has 0 saturated carbocycles. The van der Waals surface area contributed by atoms with Crippen molar-refractivity contribution in [3.63, 3.8) is 0 Å². The van der Waals surface area contributed by atoms with Gasteiger partial charge in [-0.15, -0.1) is 0 Å². The first kappa shape index (κ1) is 26.1. The first-order valence-electron chi connectivity index (χ1n) is 11.8. The lowest BCUT2D eigenvalue weighted by Gasteiger charge is -2.47. The fourth-order valence-electron chi connectivity index (χ4n) is 4.68. The second-order valence-electron chi connectivity index (χ2n) is 8.88. The fraction of sp³-hybridized carbons (Fsp3) is 0.286. The Morgan fingerprint density at radius 3 is 2.06 bits per heavy atom. The number of benzene rings is 3. The summed E-state index contributed by atoms with van der Waals surface area (Å²) in [5.41, 5.74) is 8.13. The lowest BCUT2D eigenvalue weighted by Crippen LogP contribution is -2.58. The van der Waals surface area contributed by atoms with Gasteiger partial charge in [0.2, 0.25) is 5.91 Å². The normalized spacial score (nSPS) is 20.8. The van der Waals surface area contributed by atoms with Crippen molar-refractivity contribution < 1.29 is 18.7 Å². The van der Waals surface area contributed by atoms with Gasteiger partial charge in [0.25, 0.3) is 5.91 Å². The zero-order valence-electron chi connectivity index (χ0n) is 19.7. The van der Waals surface area contributed by atoms with Gasteiger partial charge in [0, 0.05) is 16.5 Å². The second-order valence-corrected chi connectivity index (χ2v) is 9.75. The van der Waals surface area contributed by atoms with E-state index < -0.39 is 30.2 Å². The molecule has 3 aromatic rings. The number of primary amides is 1. The van der Waals surface area contributed by atoms with Gasteiger partial charge >= 0.3 is 0 Å². The number of halogens is 3. The maximum absolute atomic E-state index is 14.0. The van der Waals surface area contributed by atoms with E-state index in [4.69, 9.17) is 33.7 Å². The summed E-state index contributed by atoms with van der Waals surface area (Å²) >= 11 is 12.3. The van der Waals surface area contributed by atoms with Gasteiger partial charge in [0.05, 0.1) is 6.04 Å². The quantitative estimate of drug-likeness (QED) is 0.387. The van der Waals surface area contributed by atoms with E-state index >= 15 is 0 Å². The molecule has 188 valence electrons. The smallest absolute Gasteiger partial charge is 0.253 e. The fourth-order valence-corrected chi connectivity index (χ4v) is 4.93. The number of carbonyl (C=O) groups is 2. The standard InChI is InChI=1S/C28H27Cl2FN2O3/c1-2-3-23(27(32)34)33-25(18-6-10-20(29)11-7-18)26(19-8-12-21(30)13-9-19)36-24(28(33)35)16-17-4-14-22(31)15-5-17/h4-15,23-26H,2-3,16H2,1H3,(H2,32,34)/t23-,24-,25+,26-/m0/s1. The molecule has 2 amide bonds. The summed E-state index contributed by atoms with van der Waals surface area (Å²) in [5.74, 6) is -1.29. The summed E-state index contributed by atoms with van der Waals surface area (Å²) in [6.45, 7) is 1.94. The summed E-state index contributed by atoms with van der Waals surface area (Å²) in [6.07, 6.45) is -0.254. The molecule has 0 radical (unpaired) electrons. The van der Waals surface area contributed by atoms with Crippen molar-refractivity contribution in [2.75, 3.05) is 0 Å². The third-order valence-electron chi connectivity index (χ3n) is 6.40. The zero-order valence-corrected chi connectivity index (χ0v) is 21.3. The van der Waals surface area contributed by atoms with Crippen molar-refractivity contribution in [3.05, 3.63) is 105 Å². The van der Waals surface area contributed by atoms with Crippen molar-refractivity contribution >= 4 is 35.0 Å². The van der Waals surface area contributed by atoms with Gasteiger partial charge in [-0.2, -0.15) is 0 Å². The van der Waals surface area contributed by atoms with Crippen LogP contribution in [-0.2, 0) is 20.7 Å². The Morgan fingerprint density at radius 2 is 1.53 bits per heavy atom. The molecule has 1 fully saturated rings. The number of carbonyl (C=O) groups excluding carboxylic acids is 2. The van der Waals surface area contributed by atoms with Gasteiger partial charge in [-0.25, -0.2) is 4.39 Å². The molecule has 0 aromatic heterocycles. The van der Waals surface area contributed by atoms with E-state index in [1.807, 2.05) is 31.2 Å². The molecule has 8 heteroatoms. The van der Waals surface area contributed by atoms with Crippen LogP contribution in [0.1, 0.15) is 48.6 Å². The molecule has 0 unspecified atom stereocenters. The molecule has 4 rings (SSSR count). The molecule has 1 aliphatic heterocycles. The van der Waals surface area contributed by atoms with E-state index in [9.17, 15) is 14.0 Å². The van der Waals surface area contributed by atoms with Crippen LogP contribution in [0.3, 0.4) is 0 Å². The van der Waals surface area contributed by atoms with E-state index in [1.54, 1.807) is 41.3 Å². The van der Waals surface area contributed by atoms with Crippen LogP contribution < -0.4 is 5.73 Å². The molecule has 0 bridgehead atoms. The maximum atomic E-state index is 14.0. The zero-order chi connectivity index (χ0) is 25.8. The Labute approximate surface area is 219 Å². The number of nitrogens with zero attached hydrogens (tertiary/aromatic N) is 1. The third kappa shape index (κ3) is 5.72. The molecule has 1 heterocycles. The molecule has 4 atom stereocenters. The highest BCUT2D eigenvalue weighted by molar-refractivity contribution is 6.30. The highest BCUT2D eigenvalue weighted by Gasteiger charge is 2.47. The SMILES string of the molecule is CCC[C@@H](C(N)=O)N1C(=O)[C@H](Cc2ccc(F)cc2)O[C@@H](c2ccc(Cl)cc2)[C@H]1c1ccc(Cl)cc1. The second kappa shape index (κ2) is 11.4. The molecule has 0 spiro atoms. The van der Waals surface area contributed by atoms with Gasteiger partial charge in [-0.1, -0.05) is 72.9 Å². The van der Waals surface area contributed by atoms with Crippen molar-refractivity contribution in [1.29, 1.82) is 0 Å². The average molecular weight is 529 g/mol. The Balaban J connectivity index is 1.84.